The normalized spacial score (nSPS) is 16.2. The Hall–Kier alpha value is -1.36. The number of aromatic nitrogens is 2. The highest BCUT2D eigenvalue weighted by atomic mass is 16.5. The van der Waals surface area contributed by atoms with Crippen LogP contribution in [0, 0.1) is 5.92 Å². The van der Waals surface area contributed by atoms with E-state index in [2.05, 4.69) is 35.1 Å². The number of aryl methyl sites for hydroxylation is 1. The zero-order valence-corrected chi connectivity index (χ0v) is 13.6. The monoisotopic (exact) mass is 292 g/mol. The maximum atomic E-state index is 5.27. The SMILES string of the molecule is CCCNc1cc(N2CCC(COC)CC2)nc(CC)n1. The predicted octanol–water partition coefficient (Wildman–Crippen LogP) is 2.72. The summed E-state index contributed by atoms with van der Waals surface area (Å²) in [6, 6.07) is 2.09. The Bertz CT molecular complexity index is 430. The van der Waals surface area contributed by atoms with Gasteiger partial charge in [0, 0.05) is 45.8 Å². The molecule has 5 nitrogen and oxygen atoms in total. The molecule has 2 rings (SSSR count). The number of anilines is 2. The van der Waals surface area contributed by atoms with Crippen LogP contribution >= 0.6 is 0 Å². The first-order valence-corrected chi connectivity index (χ1v) is 8.12. The van der Waals surface area contributed by atoms with Gasteiger partial charge in [0.2, 0.25) is 0 Å². The summed E-state index contributed by atoms with van der Waals surface area (Å²) in [5, 5.41) is 3.38. The van der Waals surface area contributed by atoms with Crippen LogP contribution in [0.25, 0.3) is 0 Å². The summed E-state index contributed by atoms with van der Waals surface area (Å²) >= 11 is 0. The minimum atomic E-state index is 0.691. The largest absolute Gasteiger partial charge is 0.384 e. The van der Waals surface area contributed by atoms with E-state index in [1.807, 2.05) is 0 Å². The molecule has 21 heavy (non-hydrogen) atoms. The summed E-state index contributed by atoms with van der Waals surface area (Å²) in [5.41, 5.74) is 0. The number of ether oxygens (including phenoxy) is 1. The molecule has 1 aromatic heterocycles. The predicted molar refractivity (Wildman–Crippen MR) is 87.0 cm³/mol. The van der Waals surface area contributed by atoms with Crippen molar-refractivity contribution in [2.45, 2.75) is 39.5 Å². The fourth-order valence-corrected chi connectivity index (χ4v) is 2.71. The molecule has 1 saturated heterocycles. The van der Waals surface area contributed by atoms with Gasteiger partial charge in [0.05, 0.1) is 0 Å². The molecule has 0 radical (unpaired) electrons. The van der Waals surface area contributed by atoms with Crippen LogP contribution in [-0.2, 0) is 11.2 Å². The summed E-state index contributed by atoms with van der Waals surface area (Å²) in [4.78, 5) is 11.6. The quantitative estimate of drug-likeness (QED) is 0.837. The van der Waals surface area contributed by atoms with E-state index in [0.29, 0.717) is 5.92 Å². The molecule has 0 amide bonds. The van der Waals surface area contributed by atoms with Gasteiger partial charge in [-0.05, 0) is 25.2 Å². The summed E-state index contributed by atoms with van der Waals surface area (Å²) in [7, 11) is 1.79. The van der Waals surface area contributed by atoms with Crippen LogP contribution in [0.1, 0.15) is 38.9 Å². The lowest BCUT2D eigenvalue weighted by Gasteiger charge is -2.32. The highest BCUT2D eigenvalue weighted by Crippen LogP contribution is 2.23. The molecule has 0 atom stereocenters. The Labute approximate surface area is 128 Å². The molecule has 0 saturated carbocycles. The molecule has 1 aliphatic heterocycles. The van der Waals surface area contributed by atoms with Crippen molar-refractivity contribution in [3.63, 3.8) is 0 Å². The standard InChI is InChI=1S/C16H28N4O/c1-4-8-17-15-11-16(19-14(5-2)18-15)20-9-6-13(7-10-20)12-21-3/h11,13H,4-10,12H2,1-3H3,(H,17,18,19). The second kappa shape index (κ2) is 8.17. The van der Waals surface area contributed by atoms with Gasteiger partial charge in [-0.15, -0.1) is 0 Å². The lowest BCUT2D eigenvalue weighted by atomic mass is 9.98. The van der Waals surface area contributed by atoms with Crippen LogP contribution in [0.3, 0.4) is 0 Å². The molecular formula is C16H28N4O. The maximum Gasteiger partial charge on any atom is 0.134 e. The number of nitrogens with zero attached hydrogens (tertiary/aromatic N) is 3. The van der Waals surface area contributed by atoms with E-state index in [1.54, 1.807) is 7.11 Å². The van der Waals surface area contributed by atoms with Gasteiger partial charge < -0.3 is 15.0 Å². The van der Waals surface area contributed by atoms with Crippen molar-refractivity contribution in [1.82, 2.24) is 9.97 Å². The molecule has 2 heterocycles. The van der Waals surface area contributed by atoms with Gasteiger partial charge in [-0.2, -0.15) is 0 Å². The van der Waals surface area contributed by atoms with Crippen LogP contribution < -0.4 is 10.2 Å². The molecule has 0 aromatic carbocycles. The van der Waals surface area contributed by atoms with Crippen LogP contribution in [-0.4, -0.2) is 43.3 Å². The number of hydrogen-bond acceptors (Lipinski definition) is 5. The molecule has 1 aromatic rings. The minimum Gasteiger partial charge on any atom is -0.384 e. The molecule has 5 heteroatoms. The topological polar surface area (TPSA) is 50.3 Å². The van der Waals surface area contributed by atoms with Gasteiger partial charge >= 0.3 is 0 Å². The number of rotatable bonds is 7. The summed E-state index contributed by atoms with van der Waals surface area (Å²) in [6.07, 6.45) is 4.33. The van der Waals surface area contributed by atoms with E-state index in [9.17, 15) is 0 Å². The molecular weight excluding hydrogens is 264 g/mol. The van der Waals surface area contributed by atoms with E-state index in [-0.39, 0.29) is 0 Å². The van der Waals surface area contributed by atoms with E-state index in [4.69, 9.17) is 9.72 Å². The van der Waals surface area contributed by atoms with Gasteiger partial charge in [0.15, 0.2) is 0 Å². The van der Waals surface area contributed by atoms with Crippen molar-refractivity contribution in [3.8, 4) is 0 Å². The van der Waals surface area contributed by atoms with Crippen LogP contribution in [0.2, 0.25) is 0 Å². The van der Waals surface area contributed by atoms with Crippen molar-refractivity contribution in [1.29, 1.82) is 0 Å². The lowest BCUT2D eigenvalue weighted by Crippen LogP contribution is -2.35. The summed E-state index contributed by atoms with van der Waals surface area (Å²) < 4.78 is 5.27. The number of methoxy groups -OCH3 is 1. The fourth-order valence-electron chi connectivity index (χ4n) is 2.71. The number of hydrogen-bond donors (Lipinski definition) is 1. The molecule has 1 N–H and O–H groups in total. The second-order valence-electron chi connectivity index (χ2n) is 5.69. The van der Waals surface area contributed by atoms with Gasteiger partial charge in [0.25, 0.3) is 0 Å². The van der Waals surface area contributed by atoms with Gasteiger partial charge in [-0.3, -0.25) is 0 Å². The second-order valence-corrected chi connectivity index (χ2v) is 5.69. The fraction of sp³-hybridized carbons (Fsp3) is 0.750. The van der Waals surface area contributed by atoms with Crippen molar-refractivity contribution < 1.29 is 4.74 Å². The third-order valence-electron chi connectivity index (χ3n) is 3.97. The summed E-state index contributed by atoms with van der Waals surface area (Å²) in [6.45, 7) is 8.21. The summed E-state index contributed by atoms with van der Waals surface area (Å²) in [5.74, 6) is 3.63. The Morgan fingerprint density at radius 2 is 2.05 bits per heavy atom. The van der Waals surface area contributed by atoms with Crippen LogP contribution in [0.4, 0.5) is 11.6 Å². The zero-order valence-electron chi connectivity index (χ0n) is 13.6. The third-order valence-corrected chi connectivity index (χ3v) is 3.97. The number of nitrogens with one attached hydrogen (secondary N) is 1. The zero-order chi connectivity index (χ0) is 15.1. The first-order chi connectivity index (χ1) is 10.3. The molecule has 118 valence electrons. The van der Waals surface area contributed by atoms with Crippen molar-refractivity contribution >= 4 is 11.6 Å². The van der Waals surface area contributed by atoms with Gasteiger partial charge in [-0.1, -0.05) is 13.8 Å². The first kappa shape index (κ1) is 16.0. The van der Waals surface area contributed by atoms with E-state index in [1.165, 1.54) is 12.8 Å². The van der Waals surface area contributed by atoms with Crippen molar-refractivity contribution in [2.24, 2.45) is 5.92 Å². The van der Waals surface area contributed by atoms with Crippen LogP contribution in [0.5, 0.6) is 0 Å². The maximum absolute atomic E-state index is 5.27. The van der Waals surface area contributed by atoms with E-state index >= 15 is 0 Å². The van der Waals surface area contributed by atoms with Crippen molar-refractivity contribution in [3.05, 3.63) is 11.9 Å². The van der Waals surface area contributed by atoms with Gasteiger partial charge in [-0.25, -0.2) is 9.97 Å². The molecule has 1 aliphatic rings. The lowest BCUT2D eigenvalue weighted by molar-refractivity contribution is 0.139. The van der Waals surface area contributed by atoms with E-state index < -0.39 is 0 Å². The molecule has 0 unspecified atom stereocenters. The highest BCUT2D eigenvalue weighted by molar-refractivity contribution is 5.49. The first-order valence-electron chi connectivity index (χ1n) is 8.12. The Balaban J connectivity index is 2.04. The molecule has 0 bridgehead atoms. The smallest absolute Gasteiger partial charge is 0.134 e. The average molecular weight is 292 g/mol. The Morgan fingerprint density at radius 1 is 1.29 bits per heavy atom. The molecule has 1 fully saturated rings. The number of piperidine rings is 1. The highest BCUT2D eigenvalue weighted by Gasteiger charge is 2.20. The van der Waals surface area contributed by atoms with Crippen molar-refractivity contribution in [2.75, 3.05) is 43.6 Å². The van der Waals surface area contributed by atoms with Crippen LogP contribution in [0.15, 0.2) is 6.07 Å². The molecule has 0 aliphatic carbocycles. The van der Waals surface area contributed by atoms with E-state index in [0.717, 1.165) is 56.5 Å². The molecule has 0 spiro atoms. The Kier molecular flexibility index (Phi) is 6.23. The Morgan fingerprint density at radius 3 is 2.67 bits per heavy atom. The average Bonchev–Trinajstić information content (AvgIpc) is 2.53. The third kappa shape index (κ3) is 4.56. The van der Waals surface area contributed by atoms with Gasteiger partial charge in [0.1, 0.15) is 17.5 Å². The minimum absolute atomic E-state index is 0.691.